The van der Waals surface area contributed by atoms with Crippen molar-refractivity contribution in [3.05, 3.63) is 70.6 Å². The number of piperazine rings is 1. The summed E-state index contributed by atoms with van der Waals surface area (Å²) in [6, 6.07) is 12.1. The van der Waals surface area contributed by atoms with E-state index in [0.717, 1.165) is 16.9 Å². The van der Waals surface area contributed by atoms with E-state index in [2.05, 4.69) is 9.88 Å². The van der Waals surface area contributed by atoms with Gasteiger partial charge in [0.15, 0.2) is 0 Å². The van der Waals surface area contributed by atoms with Gasteiger partial charge in [0.1, 0.15) is 23.7 Å². The van der Waals surface area contributed by atoms with Gasteiger partial charge in [0.2, 0.25) is 0 Å². The molecule has 4 rings (SSSR count). The Morgan fingerprint density at radius 1 is 1.24 bits per heavy atom. The number of nitrogens with one attached hydrogen (secondary N) is 1. The zero-order valence-electron chi connectivity index (χ0n) is 22.3. The lowest BCUT2D eigenvalue weighted by Crippen LogP contribution is -2.50. The number of nitrogens with zero attached hydrogens (tertiary/aromatic N) is 5. The smallest absolute Gasteiger partial charge is 0.379 e. The summed E-state index contributed by atoms with van der Waals surface area (Å²) in [6.07, 6.45) is -2.66. The van der Waals surface area contributed by atoms with Crippen LogP contribution in [0.25, 0.3) is 0 Å². The number of aromatic nitrogens is 1. The molecule has 1 aromatic heterocycles. The molecule has 13 heteroatoms. The number of anilines is 1. The number of fused-ring (bicyclic) bond motifs is 1. The molecule has 2 atom stereocenters. The molecule has 2 aromatic rings. The van der Waals surface area contributed by atoms with Gasteiger partial charge >= 0.3 is 6.18 Å². The van der Waals surface area contributed by atoms with Crippen molar-refractivity contribution in [2.45, 2.75) is 37.8 Å². The first-order chi connectivity index (χ1) is 19.6. The van der Waals surface area contributed by atoms with Crippen LogP contribution >= 0.6 is 0 Å². The Bertz CT molecular complexity index is 1300. The van der Waals surface area contributed by atoms with E-state index in [1.165, 1.54) is 11.1 Å². The summed E-state index contributed by atoms with van der Waals surface area (Å²) in [7, 11) is 0. The third-order valence-electron chi connectivity index (χ3n) is 7.33. The van der Waals surface area contributed by atoms with Crippen molar-refractivity contribution in [3.8, 4) is 6.07 Å². The molecule has 4 N–H and O–H groups in total. The normalized spacial score (nSPS) is 18.9. The fraction of sp³-hybridized carbons (Fsp3) is 0.429. The zero-order valence-corrected chi connectivity index (χ0v) is 22.3. The first-order valence-electron chi connectivity index (χ1n) is 13.2. The number of primary amides is 1. The van der Waals surface area contributed by atoms with Crippen molar-refractivity contribution in [1.82, 2.24) is 14.8 Å². The van der Waals surface area contributed by atoms with Crippen molar-refractivity contribution in [2.75, 3.05) is 44.3 Å². The molecule has 2 aliphatic rings. The second-order valence-corrected chi connectivity index (χ2v) is 9.85. The molecule has 41 heavy (non-hydrogen) atoms. The molecule has 0 bridgehead atoms. The molecule has 0 aliphatic carbocycles. The summed E-state index contributed by atoms with van der Waals surface area (Å²) in [4.78, 5) is 21.5. The van der Waals surface area contributed by atoms with Gasteiger partial charge in [-0.1, -0.05) is 24.3 Å². The predicted octanol–water partition coefficient (Wildman–Crippen LogP) is 2.70. The Balaban J connectivity index is 1.30. The lowest BCUT2D eigenvalue weighted by atomic mass is 10.1. The lowest BCUT2D eigenvalue weighted by molar-refractivity contribution is -0.128. The topological polar surface area (TPSA) is 143 Å². The van der Waals surface area contributed by atoms with E-state index in [9.17, 15) is 23.1 Å². The van der Waals surface area contributed by atoms with Crippen LogP contribution in [0.5, 0.6) is 0 Å². The van der Waals surface area contributed by atoms with Gasteiger partial charge in [-0.15, -0.1) is 0 Å². The van der Waals surface area contributed by atoms with Crippen molar-refractivity contribution < 1.29 is 27.8 Å². The molecular formula is C28H32F3N7O3. The highest BCUT2D eigenvalue weighted by molar-refractivity contribution is 5.99. The van der Waals surface area contributed by atoms with E-state index < -0.39 is 35.6 Å². The Labute approximate surface area is 235 Å². The van der Waals surface area contributed by atoms with Crippen molar-refractivity contribution in [3.63, 3.8) is 0 Å². The average Bonchev–Trinajstić information content (AvgIpc) is 3.33. The minimum atomic E-state index is -5.01. The minimum Gasteiger partial charge on any atom is -0.379 e. The zero-order chi connectivity index (χ0) is 29.6. The van der Waals surface area contributed by atoms with E-state index >= 15 is 0 Å². The van der Waals surface area contributed by atoms with Gasteiger partial charge in [-0.2, -0.15) is 18.4 Å². The number of ether oxygens (including phenoxy) is 1. The third-order valence-corrected chi connectivity index (χ3v) is 7.33. The van der Waals surface area contributed by atoms with Crippen LogP contribution < -0.4 is 10.6 Å². The molecule has 3 heterocycles. The quantitative estimate of drug-likeness (QED) is 0.212. The van der Waals surface area contributed by atoms with E-state index in [1.807, 2.05) is 17.0 Å². The van der Waals surface area contributed by atoms with Crippen LogP contribution in [0.2, 0.25) is 0 Å². The van der Waals surface area contributed by atoms with Crippen LogP contribution in [0.1, 0.15) is 35.6 Å². The first kappa shape index (κ1) is 30.0. The number of nitriles is 1. The SMILES string of the molecule is N#Cc1ccc(N2CCN(C(O)CCCOC[C@H]3c4ccccc4CN3/C(C=N)=C(/C(N)=O)C(F)(F)F)CC2)nc1. The second-order valence-electron chi connectivity index (χ2n) is 9.85. The number of alkyl halides is 3. The Kier molecular flexibility index (Phi) is 9.59. The molecule has 0 spiro atoms. The fourth-order valence-electron chi connectivity index (χ4n) is 5.24. The van der Waals surface area contributed by atoms with Crippen molar-refractivity contribution >= 4 is 17.9 Å². The van der Waals surface area contributed by atoms with Crippen LogP contribution in [0, 0.1) is 16.7 Å². The van der Waals surface area contributed by atoms with Gasteiger partial charge in [-0.05, 0) is 36.1 Å². The van der Waals surface area contributed by atoms with Gasteiger partial charge in [0, 0.05) is 51.7 Å². The highest BCUT2D eigenvalue weighted by Crippen LogP contribution is 2.39. The number of hydrogen-bond donors (Lipinski definition) is 3. The monoisotopic (exact) mass is 571 g/mol. The molecular weight excluding hydrogens is 539 g/mol. The first-order valence-corrected chi connectivity index (χ1v) is 13.2. The summed E-state index contributed by atoms with van der Waals surface area (Å²) >= 11 is 0. The number of allylic oxidation sites excluding steroid dienone is 1. The summed E-state index contributed by atoms with van der Waals surface area (Å²) in [5.74, 6) is -0.858. The average molecular weight is 572 g/mol. The van der Waals surface area contributed by atoms with E-state index in [0.29, 0.717) is 50.8 Å². The summed E-state index contributed by atoms with van der Waals surface area (Å²) in [6.45, 7) is 3.00. The largest absolute Gasteiger partial charge is 0.423 e. The van der Waals surface area contributed by atoms with Crippen molar-refractivity contribution in [1.29, 1.82) is 10.7 Å². The van der Waals surface area contributed by atoms with Crippen molar-refractivity contribution in [2.24, 2.45) is 5.73 Å². The number of carbonyl (C=O) groups is 1. The van der Waals surface area contributed by atoms with Gasteiger partial charge < -0.3 is 30.8 Å². The van der Waals surface area contributed by atoms with Crippen LogP contribution in [0.4, 0.5) is 19.0 Å². The summed E-state index contributed by atoms with van der Waals surface area (Å²) in [5.41, 5.74) is 4.94. The number of rotatable bonds is 11. The van der Waals surface area contributed by atoms with Crippen LogP contribution in [0.3, 0.4) is 0 Å². The van der Waals surface area contributed by atoms with Crippen LogP contribution in [0.15, 0.2) is 53.9 Å². The molecule has 0 radical (unpaired) electrons. The number of pyridine rings is 1. The maximum absolute atomic E-state index is 13.7. The Hall–Kier alpha value is -3.99. The van der Waals surface area contributed by atoms with Crippen LogP contribution in [-0.4, -0.2) is 83.8 Å². The number of carbonyl (C=O) groups excluding carboxylic acids is 1. The Morgan fingerprint density at radius 2 is 1.98 bits per heavy atom. The van der Waals surface area contributed by atoms with Crippen LogP contribution in [-0.2, 0) is 16.1 Å². The summed E-state index contributed by atoms with van der Waals surface area (Å²) < 4.78 is 46.9. The molecule has 1 saturated heterocycles. The number of aliphatic hydroxyl groups excluding tert-OH is 1. The maximum Gasteiger partial charge on any atom is 0.423 e. The van der Waals surface area contributed by atoms with Gasteiger partial charge in [-0.25, -0.2) is 4.98 Å². The van der Waals surface area contributed by atoms with E-state index in [-0.39, 0.29) is 19.8 Å². The Morgan fingerprint density at radius 3 is 2.59 bits per heavy atom. The summed E-state index contributed by atoms with van der Waals surface area (Å²) in [5, 5.41) is 27.3. The number of benzene rings is 1. The highest BCUT2D eigenvalue weighted by atomic mass is 19.4. The molecule has 218 valence electrons. The lowest BCUT2D eigenvalue weighted by Gasteiger charge is -2.37. The predicted molar refractivity (Wildman–Crippen MR) is 145 cm³/mol. The molecule has 1 aromatic carbocycles. The number of aliphatic hydroxyl groups is 1. The molecule has 1 amide bonds. The second kappa shape index (κ2) is 13.1. The van der Waals surface area contributed by atoms with Gasteiger partial charge in [0.25, 0.3) is 5.91 Å². The fourth-order valence-corrected chi connectivity index (χ4v) is 5.24. The number of nitrogens with two attached hydrogens (primary N) is 1. The number of halogens is 3. The number of hydrogen-bond acceptors (Lipinski definition) is 9. The molecule has 1 fully saturated rings. The number of amides is 1. The molecule has 0 saturated carbocycles. The highest BCUT2D eigenvalue weighted by Gasteiger charge is 2.43. The molecule has 2 aliphatic heterocycles. The van der Waals surface area contributed by atoms with Gasteiger partial charge in [0.05, 0.1) is 23.9 Å². The minimum absolute atomic E-state index is 0.0324. The van der Waals surface area contributed by atoms with Gasteiger partial charge in [-0.3, -0.25) is 9.69 Å². The van der Waals surface area contributed by atoms with E-state index in [1.54, 1.807) is 30.3 Å². The molecule has 1 unspecified atom stereocenters. The molecule has 10 nitrogen and oxygen atoms in total. The third kappa shape index (κ3) is 7.02. The standard InChI is InChI=1S/C28H32F3N7O3/c29-28(30,31)26(27(34)40)22(15-33)38-17-20-4-1-2-5-21(20)23(38)18-41-13-3-6-25(39)37-11-9-36(10-12-37)24-8-7-19(14-32)16-35-24/h1-2,4-5,7-8,15-16,23,25,33,39H,3,6,9-13,17-18H2,(H2,34,40)/b26-22-,33-15?/t23-,25?/m0/s1. The maximum atomic E-state index is 13.7. The van der Waals surface area contributed by atoms with E-state index in [4.69, 9.17) is 21.1 Å².